The summed E-state index contributed by atoms with van der Waals surface area (Å²) in [5.74, 6) is 0.885. The number of likely N-dealkylation sites (tertiary alicyclic amines) is 1. The molecule has 0 N–H and O–H groups in total. The van der Waals surface area contributed by atoms with Gasteiger partial charge in [0.2, 0.25) is 0 Å². The van der Waals surface area contributed by atoms with Crippen LogP contribution in [0.15, 0.2) is 84.9 Å². The lowest BCUT2D eigenvalue weighted by Crippen LogP contribution is -2.47. The van der Waals surface area contributed by atoms with E-state index in [1.807, 2.05) is 79.7 Å². The maximum atomic E-state index is 13.8. The average Bonchev–Trinajstić information content (AvgIpc) is 2.93. The van der Waals surface area contributed by atoms with Crippen LogP contribution in [0, 0.1) is 5.92 Å². The first-order chi connectivity index (χ1) is 17.9. The smallest absolute Gasteiger partial charge is 0.326 e. The van der Waals surface area contributed by atoms with Gasteiger partial charge in [-0.1, -0.05) is 113 Å². The van der Waals surface area contributed by atoms with E-state index in [-0.39, 0.29) is 11.4 Å². The summed E-state index contributed by atoms with van der Waals surface area (Å²) < 4.78 is 6.15. The minimum Gasteiger partial charge on any atom is -0.426 e. The van der Waals surface area contributed by atoms with Gasteiger partial charge >= 0.3 is 5.97 Å². The predicted molar refractivity (Wildman–Crippen MR) is 153 cm³/mol. The normalized spacial score (nSPS) is 20.5. The van der Waals surface area contributed by atoms with Gasteiger partial charge in [-0.25, -0.2) is 0 Å². The van der Waals surface area contributed by atoms with Crippen molar-refractivity contribution in [1.82, 2.24) is 4.90 Å². The molecule has 0 saturated carbocycles. The number of hydrogen-bond donors (Lipinski definition) is 0. The Labute approximate surface area is 223 Å². The first kappa shape index (κ1) is 27.1. The minimum atomic E-state index is -0.904. The molecule has 0 aliphatic carbocycles. The fourth-order valence-electron chi connectivity index (χ4n) is 5.78. The summed E-state index contributed by atoms with van der Waals surface area (Å²) in [5.41, 5.74) is 2.27. The molecule has 3 aromatic carbocycles. The zero-order valence-corrected chi connectivity index (χ0v) is 23.1. The van der Waals surface area contributed by atoms with Crippen LogP contribution >= 0.6 is 0 Å². The Morgan fingerprint density at radius 3 is 2.19 bits per heavy atom. The molecular formula is C34H43NO2. The van der Waals surface area contributed by atoms with Gasteiger partial charge in [0.25, 0.3) is 0 Å². The zero-order chi connectivity index (χ0) is 26.3. The Hall–Kier alpha value is -2.91. The maximum Gasteiger partial charge on any atom is 0.326 e. The molecule has 0 radical (unpaired) electrons. The van der Waals surface area contributed by atoms with Gasteiger partial charge in [0.15, 0.2) is 0 Å². The van der Waals surface area contributed by atoms with E-state index in [9.17, 15) is 4.79 Å². The molecule has 1 aliphatic heterocycles. The van der Waals surface area contributed by atoms with Crippen molar-refractivity contribution in [2.45, 2.75) is 70.6 Å². The minimum absolute atomic E-state index is 0.0600. The van der Waals surface area contributed by atoms with Crippen molar-refractivity contribution in [3.8, 4) is 5.75 Å². The monoisotopic (exact) mass is 497 g/mol. The van der Waals surface area contributed by atoms with Gasteiger partial charge in [-0.15, -0.1) is 0 Å². The molecule has 0 spiro atoms. The third-order valence-corrected chi connectivity index (χ3v) is 8.71. The average molecular weight is 498 g/mol. The van der Waals surface area contributed by atoms with Crippen LogP contribution in [-0.2, 0) is 15.6 Å². The number of benzene rings is 3. The van der Waals surface area contributed by atoms with Gasteiger partial charge < -0.3 is 9.64 Å². The fraction of sp³-hybridized carbons (Fsp3) is 0.441. The molecule has 0 unspecified atom stereocenters. The van der Waals surface area contributed by atoms with Crippen LogP contribution in [-0.4, -0.2) is 30.5 Å². The van der Waals surface area contributed by atoms with Crippen molar-refractivity contribution in [2.24, 2.45) is 5.92 Å². The Bertz CT molecular complexity index is 1100. The summed E-state index contributed by atoms with van der Waals surface area (Å²) >= 11 is 0. The number of piperidine rings is 1. The molecule has 1 saturated heterocycles. The second-order valence-electron chi connectivity index (χ2n) is 11.2. The molecule has 37 heavy (non-hydrogen) atoms. The van der Waals surface area contributed by atoms with Gasteiger partial charge in [-0.2, -0.15) is 0 Å². The summed E-state index contributed by atoms with van der Waals surface area (Å²) in [6.45, 7) is 12.4. The lowest BCUT2D eigenvalue weighted by molar-refractivity contribution is -0.138. The number of carbonyl (C=O) groups is 1. The highest BCUT2D eigenvalue weighted by Crippen LogP contribution is 2.41. The van der Waals surface area contributed by atoms with Gasteiger partial charge in [0.05, 0.1) is 0 Å². The van der Waals surface area contributed by atoms with E-state index in [4.69, 9.17) is 4.74 Å². The largest absolute Gasteiger partial charge is 0.426 e. The van der Waals surface area contributed by atoms with E-state index >= 15 is 0 Å². The zero-order valence-electron chi connectivity index (χ0n) is 23.1. The summed E-state index contributed by atoms with van der Waals surface area (Å²) in [7, 11) is 0. The van der Waals surface area contributed by atoms with E-state index in [0.717, 1.165) is 30.6 Å². The van der Waals surface area contributed by atoms with Crippen molar-refractivity contribution in [1.29, 1.82) is 0 Å². The molecule has 3 heteroatoms. The van der Waals surface area contributed by atoms with Crippen LogP contribution in [0.25, 0.3) is 0 Å². The van der Waals surface area contributed by atoms with E-state index < -0.39 is 5.41 Å². The van der Waals surface area contributed by atoms with Crippen LogP contribution < -0.4 is 4.74 Å². The van der Waals surface area contributed by atoms with Gasteiger partial charge in [0, 0.05) is 6.54 Å². The standard InChI is InChI=1S/C34H43NO2/c1-5-6-7-14-23-35-24-22-33(3,27(2)26-35)30-20-15-21-31(25-30)37-32(36)34(4,28-16-10-8-11-17-28)29-18-12-9-13-19-29/h8-13,15-21,25,27H,5-7,14,22-24,26H2,1-4H3/t27-,33-/m0/s1. The molecule has 0 amide bonds. The first-order valence-corrected chi connectivity index (χ1v) is 14.0. The second-order valence-corrected chi connectivity index (χ2v) is 11.2. The lowest BCUT2D eigenvalue weighted by atomic mass is 9.68. The molecule has 3 aromatic rings. The Morgan fingerprint density at radius 2 is 1.59 bits per heavy atom. The second kappa shape index (κ2) is 12.1. The molecule has 1 heterocycles. The molecule has 3 nitrogen and oxygen atoms in total. The third kappa shape index (κ3) is 5.99. The summed E-state index contributed by atoms with van der Waals surface area (Å²) in [5, 5.41) is 0. The first-order valence-electron chi connectivity index (χ1n) is 14.0. The Balaban J connectivity index is 1.52. The Kier molecular flexibility index (Phi) is 8.87. The van der Waals surface area contributed by atoms with Crippen molar-refractivity contribution in [3.63, 3.8) is 0 Å². The number of rotatable bonds is 10. The molecule has 196 valence electrons. The van der Waals surface area contributed by atoms with Gasteiger partial charge in [0.1, 0.15) is 11.2 Å². The highest BCUT2D eigenvalue weighted by molar-refractivity contribution is 5.88. The molecule has 4 rings (SSSR count). The number of nitrogens with zero attached hydrogens (tertiary/aromatic N) is 1. The number of esters is 1. The van der Waals surface area contributed by atoms with Crippen LogP contribution in [0.3, 0.4) is 0 Å². The third-order valence-electron chi connectivity index (χ3n) is 8.71. The van der Waals surface area contributed by atoms with Crippen molar-refractivity contribution < 1.29 is 9.53 Å². The van der Waals surface area contributed by atoms with Gasteiger partial charge in [-0.3, -0.25) is 4.79 Å². The van der Waals surface area contributed by atoms with E-state index in [1.165, 1.54) is 37.8 Å². The molecular weight excluding hydrogens is 454 g/mol. The maximum absolute atomic E-state index is 13.8. The van der Waals surface area contributed by atoms with Gasteiger partial charge in [-0.05, 0) is 73.0 Å². The molecule has 0 aromatic heterocycles. The summed E-state index contributed by atoms with van der Waals surface area (Å²) in [6, 6.07) is 28.1. The molecule has 1 fully saturated rings. The topological polar surface area (TPSA) is 29.5 Å². The summed E-state index contributed by atoms with van der Waals surface area (Å²) in [4.78, 5) is 16.5. The van der Waals surface area contributed by atoms with Crippen molar-refractivity contribution >= 4 is 5.97 Å². The summed E-state index contributed by atoms with van der Waals surface area (Å²) in [6.07, 6.45) is 6.36. The molecule has 1 aliphatic rings. The number of unbranched alkanes of at least 4 members (excludes halogenated alkanes) is 3. The molecule has 0 bridgehead atoms. The van der Waals surface area contributed by atoms with Crippen LogP contribution in [0.2, 0.25) is 0 Å². The fourth-order valence-corrected chi connectivity index (χ4v) is 5.78. The van der Waals surface area contributed by atoms with E-state index in [1.54, 1.807) is 0 Å². The Morgan fingerprint density at radius 1 is 0.946 bits per heavy atom. The van der Waals surface area contributed by atoms with E-state index in [0.29, 0.717) is 11.7 Å². The molecule has 2 atom stereocenters. The lowest BCUT2D eigenvalue weighted by Gasteiger charge is -2.45. The van der Waals surface area contributed by atoms with Crippen molar-refractivity contribution in [2.75, 3.05) is 19.6 Å². The number of carbonyl (C=O) groups excluding carboxylic acids is 1. The van der Waals surface area contributed by atoms with Crippen LogP contribution in [0.4, 0.5) is 0 Å². The predicted octanol–water partition coefficient (Wildman–Crippen LogP) is 7.78. The number of hydrogen-bond acceptors (Lipinski definition) is 3. The van der Waals surface area contributed by atoms with Crippen LogP contribution in [0.1, 0.15) is 76.5 Å². The SMILES string of the molecule is CCCCCCN1CC[C@](C)(c2cccc(OC(=O)C(C)(c3ccccc3)c3ccccc3)c2)[C@@H](C)C1. The highest BCUT2D eigenvalue weighted by atomic mass is 16.5. The van der Waals surface area contributed by atoms with E-state index in [2.05, 4.69) is 37.8 Å². The highest BCUT2D eigenvalue weighted by Gasteiger charge is 2.40. The van der Waals surface area contributed by atoms with Crippen molar-refractivity contribution in [3.05, 3.63) is 102 Å². The quantitative estimate of drug-likeness (QED) is 0.163. The number of ether oxygens (including phenoxy) is 1. The van der Waals surface area contributed by atoms with Crippen LogP contribution in [0.5, 0.6) is 5.75 Å².